The van der Waals surface area contributed by atoms with Crippen molar-refractivity contribution in [2.24, 2.45) is 0 Å². The number of amides is 1. The third-order valence-corrected chi connectivity index (χ3v) is 4.29. The molecule has 0 saturated carbocycles. The molecule has 0 aliphatic carbocycles. The molecule has 2 aromatic heterocycles. The molecule has 2 heterocycles. The van der Waals surface area contributed by atoms with Crippen LogP contribution in [-0.2, 0) is 6.54 Å². The molecular weight excluding hydrogens is 328 g/mol. The van der Waals surface area contributed by atoms with Crippen LogP contribution in [0.15, 0.2) is 77.4 Å². The molecule has 4 aromatic rings. The van der Waals surface area contributed by atoms with Gasteiger partial charge in [0.1, 0.15) is 11.4 Å². The highest BCUT2D eigenvalue weighted by Crippen LogP contribution is 2.26. The maximum Gasteiger partial charge on any atom is 0.272 e. The molecule has 0 aliphatic rings. The number of carbonyl (C=O) groups excluding carboxylic acids is 1. The normalized spacial score (nSPS) is 10.8. The van der Waals surface area contributed by atoms with E-state index >= 15 is 0 Å². The van der Waals surface area contributed by atoms with Gasteiger partial charge in [0.05, 0.1) is 24.6 Å². The summed E-state index contributed by atoms with van der Waals surface area (Å²) < 4.78 is 12.8. The fourth-order valence-electron chi connectivity index (χ4n) is 3.04. The van der Waals surface area contributed by atoms with Gasteiger partial charge in [0, 0.05) is 18.7 Å². The number of hydrogen-bond acceptors (Lipinski definition) is 3. The lowest BCUT2D eigenvalue weighted by atomic mass is 10.2. The molecule has 0 spiro atoms. The number of carbonyl (C=O) groups is 1. The van der Waals surface area contributed by atoms with Gasteiger partial charge in [-0.3, -0.25) is 4.79 Å². The van der Waals surface area contributed by atoms with Crippen LogP contribution in [0.5, 0.6) is 5.75 Å². The monoisotopic (exact) mass is 346 g/mol. The van der Waals surface area contributed by atoms with Gasteiger partial charge in [-0.15, -0.1) is 0 Å². The molecule has 0 radical (unpaired) electrons. The first kappa shape index (κ1) is 16.0. The summed E-state index contributed by atoms with van der Waals surface area (Å²) >= 11 is 0. The second-order valence-electron chi connectivity index (χ2n) is 5.93. The molecule has 0 fully saturated rings. The average molecular weight is 346 g/mol. The van der Waals surface area contributed by atoms with Crippen molar-refractivity contribution in [3.63, 3.8) is 0 Å². The number of furan rings is 1. The zero-order valence-electron chi connectivity index (χ0n) is 14.3. The van der Waals surface area contributed by atoms with Crippen LogP contribution < -0.4 is 10.1 Å². The molecule has 1 amide bonds. The van der Waals surface area contributed by atoms with Crippen molar-refractivity contribution in [3.05, 3.63) is 84.3 Å². The predicted molar refractivity (Wildman–Crippen MR) is 101 cm³/mol. The van der Waals surface area contributed by atoms with Crippen molar-refractivity contribution in [2.75, 3.05) is 12.4 Å². The Morgan fingerprint density at radius 3 is 2.65 bits per heavy atom. The molecule has 0 bridgehead atoms. The Morgan fingerprint density at radius 2 is 1.85 bits per heavy atom. The van der Waals surface area contributed by atoms with Gasteiger partial charge in [0.25, 0.3) is 5.91 Å². The minimum Gasteiger partial charge on any atom is -0.495 e. The first-order valence-corrected chi connectivity index (χ1v) is 8.31. The highest BCUT2D eigenvalue weighted by molar-refractivity contribution is 6.06. The lowest BCUT2D eigenvalue weighted by Crippen LogP contribution is -2.18. The molecule has 2 aromatic carbocycles. The van der Waals surface area contributed by atoms with Gasteiger partial charge >= 0.3 is 0 Å². The van der Waals surface area contributed by atoms with Crippen molar-refractivity contribution < 1.29 is 13.9 Å². The molecule has 5 heteroatoms. The number of anilines is 1. The molecule has 0 aliphatic heterocycles. The van der Waals surface area contributed by atoms with E-state index in [0.717, 1.165) is 11.1 Å². The lowest BCUT2D eigenvalue weighted by molar-refractivity contribution is 0.101. The number of rotatable bonds is 5. The van der Waals surface area contributed by atoms with Gasteiger partial charge in [-0.05, 0) is 17.7 Å². The van der Waals surface area contributed by atoms with Crippen LogP contribution >= 0.6 is 0 Å². The molecule has 0 saturated heterocycles. The van der Waals surface area contributed by atoms with E-state index in [4.69, 9.17) is 9.15 Å². The third kappa shape index (κ3) is 2.95. The molecule has 26 heavy (non-hydrogen) atoms. The summed E-state index contributed by atoms with van der Waals surface area (Å²) in [6.07, 6.45) is 1.63. The third-order valence-electron chi connectivity index (χ3n) is 4.29. The van der Waals surface area contributed by atoms with Crippen molar-refractivity contribution in [1.82, 2.24) is 4.57 Å². The van der Waals surface area contributed by atoms with E-state index in [9.17, 15) is 4.79 Å². The highest BCUT2D eigenvalue weighted by atomic mass is 16.5. The molecule has 4 rings (SSSR count). The maximum absolute atomic E-state index is 12.9. The Kier molecular flexibility index (Phi) is 4.19. The fourth-order valence-corrected chi connectivity index (χ4v) is 3.04. The summed E-state index contributed by atoms with van der Waals surface area (Å²) in [4.78, 5) is 12.9. The largest absolute Gasteiger partial charge is 0.495 e. The first-order chi connectivity index (χ1) is 12.8. The number of benzene rings is 2. The maximum atomic E-state index is 12.9. The van der Waals surface area contributed by atoms with E-state index in [-0.39, 0.29) is 5.91 Å². The number of hydrogen-bond donors (Lipinski definition) is 1. The van der Waals surface area contributed by atoms with Crippen LogP contribution in [0.1, 0.15) is 16.1 Å². The fraction of sp³-hybridized carbons (Fsp3) is 0.0952. The number of nitrogens with one attached hydrogen (secondary N) is 1. The van der Waals surface area contributed by atoms with Gasteiger partial charge in [-0.1, -0.05) is 42.5 Å². The first-order valence-electron chi connectivity index (χ1n) is 8.31. The standard InChI is InChI=1S/C21H18N2O3/c1-25-19-10-6-5-9-16(19)22-21(24)18-13-20-17(11-12-26-20)23(18)14-15-7-3-2-4-8-15/h2-13H,14H2,1H3,(H,22,24). The Bertz CT molecular complexity index is 1050. The van der Waals surface area contributed by atoms with Crippen molar-refractivity contribution >= 4 is 22.7 Å². The van der Waals surface area contributed by atoms with Crippen molar-refractivity contribution in [3.8, 4) is 5.75 Å². The molecule has 1 N–H and O–H groups in total. The van der Waals surface area contributed by atoms with E-state index in [1.165, 1.54) is 0 Å². The van der Waals surface area contributed by atoms with Gasteiger partial charge < -0.3 is 19.0 Å². The number of aromatic nitrogens is 1. The number of fused-ring (bicyclic) bond motifs is 1. The Balaban J connectivity index is 1.70. The second kappa shape index (κ2) is 6.80. The summed E-state index contributed by atoms with van der Waals surface area (Å²) in [6, 6.07) is 21.0. The van der Waals surface area contributed by atoms with E-state index in [1.54, 1.807) is 19.4 Å². The predicted octanol–water partition coefficient (Wildman–Crippen LogP) is 4.54. The van der Waals surface area contributed by atoms with Crippen molar-refractivity contribution in [2.45, 2.75) is 6.54 Å². The Morgan fingerprint density at radius 1 is 1.08 bits per heavy atom. The number of methoxy groups -OCH3 is 1. The molecule has 5 nitrogen and oxygen atoms in total. The average Bonchev–Trinajstić information content (AvgIpc) is 3.26. The van der Waals surface area contributed by atoms with Crippen LogP contribution in [0.2, 0.25) is 0 Å². The van der Waals surface area contributed by atoms with Crippen molar-refractivity contribution in [1.29, 1.82) is 0 Å². The van der Waals surface area contributed by atoms with Crippen LogP contribution in [0, 0.1) is 0 Å². The Labute approximate surface area is 150 Å². The van der Waals surface area contributed by atoms with Gasteiger partial charge in [0.2, 0.25) is 0 Å². The van der Waals surface area contributed by atoms with Gasteiger partial charge in [-0.2, -0.15) is 0 Å². The summed E-state index contributed by atoms with van der Waals surface area (Å²) in [5, 5.41) is 2.93. The number of ether oxygens (including phenoxy) is 1. The van der Waals surface area contributed by atoms with Crippen LogP contribution in [0.25, 0.3) is 11.1 Å². The summed E-state index contributed by atoms with van der Waals surface area (Å²) in [5.74, 6) is 0.405. The van der Waals surface area contributed by atoms with Gasteiger partial charge in [-0.25, -0.2) is 0 Å². The van der Waals surface area contributed by atoms with E-state index in [1.807, 2.05) is 65.2 Å². The summed E-state index contributed by atoms with van der Waals surface area (Å²) in [6.45, 7) is 0.582. The summed E-state index contributed by atoms with van der Waals surface area (Å²) in [5.41, 5.74) is 3.85. The molecule has 0 unspecified atom stereocenters. The van der Waals surface area contributed by atoms with Crippen LogP contribution in [-0.4, -0.2) is 17.6 Å². The molecule has 0 atom stereocenters. The van der Waals surface area contributed by atoms with E-state index in [0.29, 0.717) is 29.3 Å². The number of nitrogens with zero attached hydrogens (tertiary/aromatic N) is 1. The SMILES string of the molecule is COc1ccccc1NC(=O)c1cc2occc2n1Cc1ccccc1. The topological polar surface area (TPSA) is 56.4 Å². The van der Waals surface area contributed by atoms with Crippen LogP contribution in [0.4, 0.5) is 5.69 Å². The Hall–Kier alpha value is -3.47. The number of para-hydroxylation sites is 2. The lowest BCUT2D eigenvalue weighted by Gasteiger charge is -2.12. The minimum atomic E-state index is -0.211. The van der Waals surface area contributed by atoms with Crippen LogP contribution in [0.3, 0.4) is 0 Å². The molecule has 130 valence electrons. The highest BCUT2D eigenvalue weighted by Gasteiger charge is 2.18. The zero-order valence-corrected chi connectivity index (χ0v) is 14.3. The quantitative estimate of drug-likeness (QED) is 0.577. The minimum absolute atomic E-state index is 0.211. The molecular formula is C21H18N2O3. The summed E-state index contributed by atoms with van der Waals surface area (Å²) in [7, 11) is 1.58. The second-order valence-corrected chi connectivity index (χ2v) is 5.93. The smallest absolute Gasteiger partial charge is 0.272 e. The van der Waals surface area contributed by atoms with E-state index < -0.39 is 0 Å². The van der Waals surface area contributed by atoms with Gasteiger partial charge in [0.15, 0.2) is 5.58 Å². The van der Waals surface area contributed by atoms with E-state index in [2.05, 4.69) is 5.32 Å². The zero-order chi connectivity index (χ0) is 17.9.